The lowest BCUT2D eigenvalue weighted by atomic mass is 10.1. The first-order valence-corrected chi connectivity index (χ1v) is 7.98. The highest BCUT2D eigenvalue weighted by atomic mass is 16.5. The van der Waals surface area contributed by atoms with Crippen molar-refractivity contribution in [2.75, 3.05) is 26.4 Å². The van der Waals surface area contributed by atoms with Crippen LogP contribution in [0.25, 0.3) is 0 Å². The molecule has 7 heteroatoms. The normalized spacial score (nSPS) is 17.8. The molecule has 0 saturated carbocycles. The zero-order chi connectivity index (χ0) is 16.9. The van der Waals surface area contributed by atoms with Crippen LogP contribution in [-0.4, -0.2) is 47.3 Å². The predicted octanol–water partition coefficient (Wildman–Crippen LogP) is 2.06. The lowest BCUT2D eigenvalue weighted by Crippen LogP contribution is -2.44. The Labute approximate surface area is 140 Å². The first-order valence-electron chi connectivity index (χ1n) is 7.98. The molecule has 0 bridgehead atoms. The molecular formula is C17H21N3O4. The molecule has 1 fully saturated rings. The summed E-state index contributed by atoms with van der Waals surface area (Å²) in [5.41, 5.74) is 2.39. The summed E-state index contributed by atoms with van der Waals surface area (Å²) in [6.45, 7) is 5.83. The average Bonchev–Trinajstić information content (AvgIpc) is 3.12. The number of aromatic nitrogens is 2. The van der Waals surface area contributed by atoms with Gasteiger partial charge in [0.25, 0.3) is 0 Å². The van der Waals surface area contributed by atoms with Crippen molar-refractivity contribution in [2.45, 2.75) is 26.3 Å². The van der Waals surface area contributed by atoms with Crippen LogP contribution in [0.1, 0.15) is 29.4 Å². The van der Waals surface area contributed by atoms with E-state index in [1.165, 1.54) is 17.5 Å². The molecule has 1 atom stereocenters. The molecule has 2 aromatic rings. The fraction of sp³-hybridized carbons (Fsp3) is 0.471. The maximum Gasteiger partial charge on any atom is 0.226 e. The molecule has 1 aromatic heterocycles. The number of morpholine rings is 1. The highest BCUT2D eigenvalue weighted by molar-refractivity contribution is 5.76. The maximum absolute atomic E-state index is 12.5. The van der Waals surface area contributed by atoms with Gasteiger partial charge >= 0.3 is 0 Å². The SMILES string of the molecule is Cc1ccc(OCCC(=O)N2CCOC[C@@H]2c2ncon2)cc1C. The van der Waals surface area contributed by atoms with Gasteiger partial charge in [-0.05, 0) is 37.1 Å². The van der Waals surface area contributed by atoms with Crippen LogP contribution in [0, 0.1) is 13.8 Å². The summed E-state index contributed by atoms with van der Waals surface area (Å²) in [6.07, 6.45) is 1.55. The molecule has 1 aliphatic heterocycles. The summed E-state index contributed by atoms with van der Waals surface area (Å²) in [6, 6.07) is 5.62. The molecule has 128 valence electrons. The lowest BCUT2D eigenvalue weighted by molar-refractivity contribution is -0.141. The van der Waals surface area contributed by atoms with Crippen molar-refractivity contribution in [3.05, 3.63) is 41.5 Å². The van der Waals surface area contributed by atoms with E-state index in [4.69, 9.17) is 14.0 Å². The molecule has 1 saturated heterocycles. The quantitative estimate of drug-likeness (QED) is 0.834. The van der Waals surface area contributed by atoms with Crippen LogP contribution in [0.5, 0.6) is 5.75 Å². The zero-order valence-electron chi connectivity index (χ0n) is 13.9. The van der Waals surface area contributed by atoms with Gasteiger partial charge in [0.05, 0.1) is 26.2 Å². The van der Waals surface area contributed by atoms with E-state index in [1.807, 2.05) is 25.1 Å². The molecule has 7 nitrogen and oxygen atoms in total. The summed E-state index contributed by atoms with van der Waals surface area (Å²) >= 11 is 0. The third kappa shape index (κ3) is 3.73. The van der Waals surface area contributed by atoms with E-state index >= 15 is 0 Å². The van der Waals surface area contributed by atoms with Crippen molar-refractivity contribution < 1.29 is 18.8 Å². The maximum atomic E-state index is 12.5. The highest BCUT2D eigenvalue weighted by Gasteiger charge is 2.31. The fourth-order valence-electron chi connectivity index (χ4n) is 2.65. The topological polar surface area (TPSA) is 77.7 Å². The number of nitrogens with zero attached hydrogens (tertiary/aromatic N) is 3. The molecule has 0 unspecified atom stereocenters. The Bertz CT molecular complexity index is 687. The van der Waals surface area contributed by atoms with Gasteiger partial charge in [-0.1, -0.05) is 11.2 Å². The molecule has 0 spiro atoms. The second kappa shape index (κ2) is 7.44. The summed E-state index contributed by atoms with van der Waals surface area (Å²) in [7, 11) is 0. The minimum absolute atomic E-state index is 0.00284. The molecule has 0 aliphatic carbocycles. The molecule has 0 N–H and O–H groups in total. The number of benzene rings is 1. The number of rotatable bonds is 5. The highest BCUT2D eigenvalue weighted by Crippen LogP contribution is 2.22. The van der Waals surface area contributed by atoms with E-state index in [1.54, 1.807) is 4.90 Å². The Kier molecular flexibility index (Phi) is 5.10. The van der Waals surface area contributed by atoms with Crippen molar-refractivity contribution in [3.8, 4) is 5.75 Å². The number of carbonyl (C=O) groups is 1. The fourth-order valence-corrected chi connectivity index (χ4v) is 2.65. The largest absolute Gasteiger partial charge is 0.493 e. The van der Waals surface area contributed by atoms with Crippen LogP contribution in [0.2, 0.25) is 0 Å². The molecule has 1 amide bonds. The minimum Gasteiger partial charge on any atom is -0.493 e. The van der Waals surface area contributed by atoms with Crippen molar-refractivity contribution in [1.82, 2.24) is 15.0 Å². The van der Waals surface area contributed by atoms with E-state index in [-0.39, 0.29) is 11.9 Å². The minimum atomic E-state index is -0.299. The standard InChI is InChI=1S/C17H21N3O4/c1-12-3-4-14(9-13(12)2)23-7-5-16(21)20-6-8-22-10-15(20)17-18-11-24-19-17/h3-4,9,11,15H,5-8,10H2,1-2H3/t15-/m1/s1. The second-order valence-electron chi connectivity index (χ2n) is 5.81. The van der Waals surface area contributed by atoms with Gasteiger partial charge in [0, 0.05) is 6.54 Å². The number of hydrogen-bond acceptors (Lipinski definition) is 6. The van der Waals surface area contributed by atoms with Gasteiger partial charge in [-0.15, -0.1) is 0 Å². The van der Waals surface area contributed by atoms with Crippen LogP contribution in [0.4, 0.5) is 0 Å². The summed E-state index contributed by atoms with van der Waals surface area (Å²) in [5.74, 6) is 1.25. The Hall–Kier alpha value is -2.41. The first kappa shape index (κ1) is 16.4. The number of amides is 1. The van der Waals surface area contributed by atoms with Crippen LogP contribution in [-0.2, 0) is 9.53 Å². The van der Waals surface area contributed by atoms with E-state index in [0.717, 1.165) is 5.75 Å². The lowest BCUT2D eigenvalue weighted by Gasteiger charge is -2.33. The van der Waals surface area contributed by atoms with Crippen LogP contribution < -0.4 is 4.74 Å². The van der Waals surface area contributed by atoms with Gasteiger partial charge in [-0.2, -0.15) is 4.98 Å². The van der Waals surface area contributed by atoms with Crippen molar-refractivity contribution >= 4 is 5.91 Å². The molecule has 2 heterocycles. The van der Waals surface area contributed by atoms with E-state index in [2.05, 4.69) is 17.1 Å². The van der Waals surface area contributed by atoms with E-state index in [0.29, 0.717) is 38.6 Å². The summed E-state index contributed by atoms with van der Waals surface area (Å²) in [4.78, 5) is 18.3. The van der Waals surface area contributed by atoms with Crippen LogP contribution in [0.3, 0.4) is 0 Å². The smallest absolute Gasteiger partial charge is 0.226 e. The van der Waals surface area contributed by atoms with E-state index < -0.39 is 0 Å². The number of ether oxygens (including phenoxy) is 2. The van der Waals surface area contributed by atoms with Crippen molar-refractivity contribution in [2.24, 2.45) is 0 Å². The van der Waals surface area contributed by atoms with Gasteiger partial charge in [0.2, 0.25) is 12.3 Å². The van der Waals surface area contributed by atoms with Crippen LogP contribution >= 0.6 is 0 Å². The van der Waals surface area contributed by atoms with Gasteiger partial charge in [-0.3, -0.25) is 4.79 Å². The Morgan fingerprint density at radius 1 is 1.38 bits per heavy atom. The van der Waals surface area contributed by atoms with Crippen molar-refractivity contribution in [1.29, 1.82) is 0 Å². The Morgan fingerprint density at radius 3 is 3.00 bits per heavy atom. The first-order chi connectivity index (χ1) is 11.6. The van der Waals surface area contributed by atoms with E-state index in [9.17, 15) is 4.79 Å². The molecule has 0 radical (unpaired) electrons. The third-order valence-electron chi connectivity index (χ3n) is 4.19. The number of aryl methyl sites for hydroxylation is 2. The number of hydrogen-bond donors (Lipinski definition) is 0. The predicted molar refractivity (Wildman–Crippen MR) is 85.6 cm³/mol. The molecular weight excluding hydrogens is 310 g/mol. The number of carbonyl (C=O) groups excluding carboxylic acids is 1. The van der Waals surface area contributed by atoms with Crippen LogP contribution in [0.15, 0.2) is 29.1 Å². The van der Waals surface area contributed by atoms with Gasteiger partial charge in [-0.25, -0.2) is 0 Å². The van der Waals surface area contributed by atoms with Gasteiger partial charge in [0.1, 0.15) is 11.8 Å². The molecule has 1 aliphatic rings. The Morgan fingerprint density at radius 2 is 2.25 bits per heavy atom. The summed E-state index contributed by atoms with van der Waals surface area (Å²) in [5, 5.41) is 3.83. The summed E-state index contributed by atoms with van der Waals surface area (Å²) < 4.78 is 15.9. The Balaban J connectivity index is 1.56. The molecule has 3 rings (SSSR count). The average molecular weight is 331 g/mol. The molecule has 1 aromatic carbocycles. The molecule has 24 heavy (non-hydrogen) atoms. The van der Waals surface area contributed by atoms with Crippen molar-refractivity contribution in [3.63, 3.8) is 0 Å². The zero-order valence-corrected chi connectivity index (χ0v) is 13.9. The van der Waals surface area contributed by atoms with Gasteiger partial charge in [0.15, 0.2) is 5.82 Å². The van der Waals surface area contributed by atoms with Gasteiger partial charge < -0.3 is 18.9 Å². The third-order valence-corrected chi connectivity index (χ3v) is 4.19. The second-order valence-corrected chi connectivity index (χ2v) is 5.81. The monoisotopic (exact) mass is 331 g/mol.